The highest BCUT2D eigenvalue weighted by Crippen LogP contribution is 2.47. The van der Waals surface area contributed by atoms with Gasteiger partial charge < -0.3 is 18.3 Å². The van der Waals surface area contributed by atoms with Gasteiger partial charge in [-0.05, 0) is 72.3 Å². The number of rotatable bonds is 6. The van der Waals surface area contributed by atoms with Crippen molar-refractivity contribution in [2.24, 2.45) is 0 Å². The minimum absolute atomic E-state index is 0.587. The van der Waals surface area contributed by atoms with Crippen LogP contribution in [0, 0.1) is 0 Å². The van der Waals surface area contributed by atoms with Gasteiger partial charge in [-0.15, -0.1) is 0 Å². The summed E-state index contributed by atoms with van der Waals surface area (Å²) in [6.45, 7) is 0. The van der Waals surface area contributed by atoms with Crippen LogP contribution in [0.15, 0.2) is 197 Å². The highest BCUT2D eigenvalue weighted by molar-refractivity contribution is 6.20. The van der Waals surface area contributed by atoms with Gasteiger partial charge in [-0.3, -0.25) is 0 Å². The van der Waals surface area contributed by atoms with Gasteiger partial charge in [0.1, 0.15) is 11.1 Å². The van der Waals surface area contributed by atoms with Crippen LogP contribution >= 0.6 is 0 Å². The maximum Gasteiger partial charge on any atom is 0.227 e. The van der Waals surface area contributed by atoms with E-state index in [0.29, 0.717) is 5.89 Å². The molecule has 3 aromatic heterocycles. The van der Waals surface area contributed by atoms with Crippen molar-refractivity contribution in [2.75, 3.05) is 4.90 Å². The second-order valence-corrected chi connectivity index (χ2v) is 13.5. The molecule has 0 saturated carbocycles. The van der Waals surface area contributed by atoms with Crippen molar-refractivity contribution in [1.29, 1.82) is 0 Å². The molecule has 11 rings (SSSR count). The largest absolute Gasteiger partial charge is 0.454 e. The minimum Gasteiger partial charge on any atom is -0.454 e. The first-order valence-corrected chi connectivity index (χ1v) is 18.1. The van der Waals surface area contributed by atoms with Gasteiger partial charge in [-0.2, -0.15) is 0 Å². The van der Waals surface area contributed by atoms with Crippen LogP contribution in [-0.2, 0) is 0 Å². The molecule has 0 aliphatic carbocycles. The van der Waals surface area contributed by atoms with Crippen LogP contribution in [0.2, 0.25) is 0 Å². The Hall–Kier alpha value is -7.37. The molecule has 0 spiro atoms. The number of fused-ring (bicyclic) bond motifs is 8. The molecule has 0 aliphatic rings. The van der Waals surface area contributed by atoms with Crippen molar-refractivity contribution in [3.63, 3.8) is 0 Å². The lowest BCUT2D eigenvalue weighted by atomic mass is 10.0. The molecule has 5 heteroatoms. The average Bonchev–Trinajstić information content (AvgIpc) is 3.94. The Bertz CT molecular complexity index is 3160. The number of anilines is 3. The molecule has 0 saturated heterocycles. The number of oxazole rings is 1. The van der Waals surface area contributed by atoms with Gasteiger partial charge in [-0.25, -0.2) is 4.98 Å². The molecule has 0 N–H and O–H groups in total. The fraction of sp³-hybridized carbons (Fsp3) is 0. The van der Waals surface area contributed by atoms with Crippen LogP contribution in [0.3, 0.4) is 0 Å². The van der Waals surface area contributed by atoms with E-state index >= 15 is 0 Å². The highest BCUT2D eigenvalue weighted by Gasteiger charge is 2.25. The zero-order valence-corrected chi connectivity index (χ0v) is 29.1. The molecule has 0 fully saturated rings. The van der Waals surface area contributed by atoms with Gasteiger partial charge >= 0.3 is 0 Å². The fourth-order valence-corrected chi connectivity index (χ4v) is 8.03. The van der Waals surface area contributed by atoms with Gasteiger partial charge in [0.15, 0.2) is 11.2 Å². The zero-order chi connectivity index (χ0) is 35.6. The van der Waals surface area contributed by atoms with E-state index in [1.54, 1.807) is 0 Å². The van der Waals surface area contributed by atoms with Crippen molar-refractivity contribution in [1.82, 2.24) is 9.55 Å². The minimum atomic E-state index is 0.587. The Morgan fingerprint density at radius 2 is 1.11 bits per heavy atom. The van der Waals surface area contributed by atoms with Crippen LogP contribution in [0.4, 0.5) is 17.1 Å². The molecule has 11 aromatic rings. The van der Waals surface area contributed by atoms with Gasteiger partial charge in [0.2, 0.25) is 5.89 Å². The van der Waals surface area contributed by atoms with Crippen LogP contribution in [0.5, 0.6) is 0 Å². The molecule has 0 atom stereocenters. The second kappa shape index (κ2) is 12.1. The Morgan fingerprint density at radius 3 is 1.94 bits per heavy atom. The maximum absolute atomic E-state index is 6.88. The molecular formula is C49H31N3O2. The molecule has 0 amide bonds. The van der Waals surface area contributed by atoms with Crippen molar-refractivity contribution < 1.29 is 8.83 Å². The molecule has 3 heterocycles. The lowest BCUT2D eigenvalue weighted by Gasteiger charge is -2.28. The first-order valence-electron chi connectivity index (χ1n) is 18.1. The maximum atomic E-state index is 6.88. The standard InChI is InChI=1S/C49H31N3O2/c1-4-15-32(16-5-1)36-21-10-12-24-40(36)52(35-27-28-38-37-22-11-13-25-41(37)51(43(38)31-35)34-19-8-3-9-20-34)42-26-14-23-39-46-44(53-48(39)42)29-30-45-47(46)50-49(54-45)33-17-6-2-7-18-33/h1-31H. The first kappa shape index (κ1) is 30.3. The van der Waals surface area contributed by atoms with Crippen molar-refractivity contribution in [2.45, 2.75) is 0 Å². The van der Waals surface area contributed by atoms with Gasteiger partial charge in [0.25, 0.3) is 0 Å². The highest BCUT2D eigenvalue weighted by atomic mass is 16.4. The molecule has 0 bridgehead atoms. The predicted molar refractivity (Wildman–Crippen MR) is 221 cm³/mol. The van der Waals surface area contributed by atoms with E-state index in [-0.39, 0.29) is 0 Å². The van der Waals surface area contributed by atoms with E-state index in [9.17, 15) is 0 Å². The van der Waals surface area contributed by atoms with Crippen molar-refractivity contribution in [3.8, 4) is 28.3 Å². The average molecular weight is 694 g/mol. The quantitative estimate of drug-likeness (QED) is 0.174. The molecular weight excluding hydrogens is 663 g/mol. The molecule has 8 aromatic carbocycles. The topological polar surface area (TPSA) is 47.3 Å². The second-order valence-electron chi connectivity index (χ2n) is 13.5. The number of para-hydroxylation sites is 4. The number of hydrogen-bond donors (Lipinski definition) is 0. The van der Waals surface area contributed by atoms with E-state index in [1.807, 2.05) is 42.5 Å². The van der Waals surface area contributed by atoms with Crippen molar-refractivity contribution in [3.05, 3.63) is 188 Å². The van der Waals surface area contributed by atoms with E-state index in [0.717, 1.165) is 83.5 Å². The van der Waals surface area contributed by atoms with E-state index in [1.165, 1.54) is 10.8 Å². The Morgan fingerprint density at radius 1 is 0.463 bits per heavy atom. The molecule has 0 unspecified atom stereocenters. The zero-order valence-electron chi connectivity index (χ0n) is 29.1. The molecule has 54 heavy (non-hydrogen) atoms. The van der Waals surface area contributed by atoms with Gasteiger partial charge in [0.05, 0.1) is 27.8 Å². The smallest absolute Gasteiger partial charge is 0.227 e. The van der Waals surface area contributed by atoms with E-state index < -0.39 is 0 Å². The summed E-state index contributed by atoms with van der Waals surface area (Å²) in [4.78, 5) is 7.37. The Kier molecular flexibility index (Phi) is 6.79. The summed E-state index contributed by atoms with van der Waals surface area (Å²) in [6.07, 6.45) is 0. The lowest BCUT2D eigenvalue weighted by molar-refractivity contribution is 0.619. The lowest BCUT2D eigenvalue weighted by Crippen LogP contribution is -2.11. The fourth-order valence-electron chi connectivity index (χ4n) is 8.03. The Balaban J connectivity index is 1.20. The first-order chi connectivity index (χ1) is 26.8. The molecule has 254 valence electrons. The molecule has 5 nitrogen and oxygen atoms in total. The number of hydrogen-bond acceptors (Lipinski definition) is 4. The summed E-state index contributed by atoms with van der Waals surface area (Å²) >= 11 is 0. The third-order valence-electron chi connectivity index (χ3n) is 10.4. The van der Waals surface area contributed by atoms with Crippen LogP contribution in [0.25, 0.3) is 83.1 Å². The van der Waals surface area contributed by atoms with Crippen LogP contribution < -0.4 is 4.90 Å². The third kappa shape index (κ3) is 4.69. The predicted octanol–water partition coefficient (Wildman–Crippen LogP) is 13.6. The Labute approximate surface area is 310 Å². The number of benzene rings is 8. The van der Waals surface area contributed by atoms with Crippen LogP contribution in [0.1, 0.15) is 0 Å². The van der Waals surface area contributed by atoms with Crippen molar-refractivity contribution >= 4 is 71.9 Å². The normalized spacial score (nSPS) is 11.7. The summed E-state index contributed by atoms with van der Waals surface area (Å²) in [7, 11) is 0. The summed E-state index contributed by atoms with van der Waals surface area (Å²) in [6, 6.07) is 65.6. The summed E-state index contributed by atoms with van der Waals surface area (Å²) in [5.41, 5.74) is 12.6. The monoisotopic (exact) mass is 693 g/mol. The summed E-state index contributed by atoms with van der Waals surface area (Å²) in [5, 5.41) is 4.32. The van der Waals surface area contributed by atoms with E-state index in [2.05, 4.69) is 155 Å². The van der Waals surface area contributed by atoms with Gasteiger partial charge in [-0.1, -0.05) is 121 Å². The van der Waals surface area contributed by atoms with E-state index in [4.69, 9.17) is 13.8 Å². The SMILES string of the molecule is c1ccc(-c2nc3c(ccc4oc5c(N(c6ccc7c8ccccc8n(-c8ccccc8)c7c6)c6ccccc6-c6ccccc6)cccc5c43)o2)cc1. The number of furan rings is 1. The third-order valence-corrected chi connectivity index (χ3v) is 10.4. The summed E-state index contributed by atoms with van der Waals surface area (Å²) < 4.78 is 15.5. The summed E-state index contributed by atoms with van der Waals surface area (Å²) in [5.74, 6) is 0.587. The van der Waals surface area contributed by atoms with Gasteiger partial charge in [0, 0.05) is 38.7 Å². The molecule has 0 aliphatic heterocycles. The number of aromatic nitrogens is 2. The molecule has 0 radical (unpaired) electrons. The van der Waals surface area contributed by atoms with Crippen LogP contribution in [-0.4, -0.2) is 9.55 Å². The number of nitrogens with zero attached hydrogens (tertiary/aromatic N) is 3.